The molecule has 2 atom stereocenters. The molecule has 98 valence electrons. The molecule has 0 amide bonds. The lowest BCUT2D eigenvalue weighted by Crippen LogP contribution is -2.64. The van der Waals surface area contributed by atoms with Crippen molar-refractivity contribution in [3.63, 3.8) is 0 Å². The van der Waals surface area contributed by atoms with Gasteiger partial charge in [-0.05, 0) is 45.4 Å². The number of nitrogens with one attached hydrogen (secondary N) is 1. The summed E-state index contributed by atoms with van der Waals surface area (Å²) in [6.45, 7) is 9.13. The van der Waals surface area contributed by atoms with E-state index in [-0.39, 0.29) is 0 Å². The molecular weight excluding hydrogens is 212 g/mol. The van der Waals surface area contributed by atoms with Crippen molar-refractivity contribution >= 4 is 0 Å². The summed E-state index contributed by atoms with van der Waals surface area (Å²) in [5, 5.41) is 3.74. The summed E-state index contributed by atoms with van der Waals surface area (Å²) in [7, 11) is 0. The van der Waals surface area contributed by atoms with Crippen LogP contribution in [0, 0.1) is 5.92 Å². The molecule has 0 spiro atoms. The molecular formula is C14H26N2O. The molecule has 3 nitrogen and oxygen atoms in total. The fourth-order valence-electron chi connectivity index (χ4n) is 3.55. The number of piperazine rings is 1. The van der Waals surface area contributed by atoms with Crippen molar-refractivity contribution in [3.05, 3.63) is 0 Å². The fourth-order valence-corrected chi connectivity index (χ4v) is 3.55. The van der Waals surface area contributed by atoms with Crippen LogP contribution in [0.2, 0.25) is 0 Å². The number of rotatable bonds is 2. The summed E-state index contributed by atoms with van der Waals surface area (Å²) in [5.74, 6) is 0.966. The van der Waals surface area contributed by atoms with Crippen LogP contribution in [0.5, 0.6) is 0 Å². The molecule has 1 aliphatic carbocycles. The normalized spacial score (nSPS) is 39.2. The van der Waals surface area contributed by atoms with Crippen LogP contribution in [0.4, 0.5) is 0 Å². The maximum atomic E-state index is 5.54. The lowest BCUT2D eigenvalue weighted by Gasteiger charge is -2.51. The van der Waals surface area contributed by atoms with E-state index in [1.807, 2.05) is 0 Å². The maximum absolute atomic E-state index is 5.54. The van der Waals surface area contributed by atoms with Crippen LogP contribution in [-0.4, -0.2) is 48.8 Å². The van der Waals surface area contributed by atoms with E-state index in [9.17, 15) is 0 Å². The first kappa shape index (κ1) is 11.9. The summed E-state index contributed by atoms with van der Waals surface area (Å²) in [4.78, 5) is 2.77. The second kappa shape index (κ2) is 4.52. The molecule has 17 heavy (non-hydrogen) atoms. The minimum absolute atomic E-state index is 0.382. The summed E-state index contributed by atoms with van der Waals surface area (Å²) >= 11 is 0. The van der Waals surface area contributed by atoms with E-state index in [1.54, 1.807) is 0 Å². The molecule has 3 rings (SSSR count). The first-order valence-corrected chi connectivity index (χ1v) is 7.27. The topological polar surface area (TPSA) is 24.5 Å². The van der Waals surface area contributed by atoms with E-state index in [4.69, 9.17) is 4.74 Å². The Kier molecular flexibility index (Phi) is 3.18. The van der Waals surface area contributed by atoms with Gasteiger partial charge in [-0.3, -0.25) is 4.90 Å². The van der Waals surface area contributed by atoms with E-state index in [0.29, 0.717) is 11.6 Å². The number of nitrogens with zero attached hydrogens (tertiary/aromatic N) is 1. The predicted molar refractivity (Wildman–Crippen MR) is 69.1 cm³/mol. The average Bonchev–Trinajstić information content (AvgIpc) is 3.14. The zero-order chi connectivity index (χ0) is 11.9. The second-order valence-corrected chi connectivity index (χ2v) is 6.46. The zero-order valence-corrected chi connectivity index (χ0v) is 11.2. The van der Waals surface area contributed by atoms with Crippen LogP contribution < -0.4 is 5.32 Å². The van der Waals surface area contributed by atoms with Gasteiger partial charge in [0.15, 0.2) is 0 Å². The Morgan fingerprint density at radius 1 is 1.24 bits per heavy atom. The highest BCUT2D eigenvalue weighted by Gasteiger charge is 2.43. The van der Waals surface area contributed by atoms with Crippen LogP contribution in [0.15, 0.2) is 0 Å². The van der Waals surface area contributed by atoms with Crippen LogP contribution in [0.3, 0.4) is 0 Å². The van der Waals surface area contributed by atoms with E-state index in [0.717, 1.165) is 31.7 Å². The van der Waals surface area contributed by atoms with Crippen molar-refractivity contribution in [1.29, 1.82) is 0 Å². The third kappa shape index (κ3) is 2.38. The Bertz CT molecular complexity index is 271. The van der Waals surface area contributed by atoms with Gasteiger partial charge >= 0.3 is 0 Å². The largest absolute Gasteiger partial charge is 0.381 e. The van der Waals surface area contributed by atoms with Crippen LogP contribution in [0.1, 0.15) is 39.5 Å². The Hall–Kier alpha value is -0.120. The zero-order valence-electron chi connectivity index (χ0n) is 11.2. The lowest BCUT2D eigenvalue weighted by atomic mass is 9.87. The number of ether oxygens (including phenoxy) is 1. The van der Waals surface area contributed by atoms with Gasteiger partial charge in [0.05, 0.1) is 0 Å². The second-order valence-electron chi connectivity index (χ2n) is 6.46. The molecule has 1 saturated carbocycles. The van der Waals surface area contributed by atoms with Crippen molar-refractivity contribution in [1.82, 2.24) is 10.2 Å². The van der Waals surface area contributed by atoms with E-state index in [2.05, 4.69) is 24.1 Å². The third-order valence-corrected chi connectivity index (χ3v) is 5.06. The molecule has 2 heterocycles. The van der Waals surface area contributed by atoms with E-state index >= 15 is 0 Å². The summed E-state index contributed by atoms with van der Waals surface area (Å²) in [5.41, 5.74) is 0.382. The van der Waals surface area contributed by atoms with Gasteiger partial charge in [0, 0.05) is 43.9 Å². The molecule has 0 aromatic heterocycles. The predicted octanol–water partition coefficient (Wildman–Crippen LogP) is 1.63. The van der Waals surface area contributed by atoms with Gasteiger partial charge < -0.3 is 10.1 Å². The van der Waals surface area contributed by atoms with Crippen LogP contribution in [0.25, 0.3) is 0 Å². The molecule has 2 saturated heterocycles. The average molecular weight is 238 g/mol. The Morgan fingerprint density at radius 3 is 2.59 bits per heavy atom. The van der Waals surface area contributed by atoms with Gasteiger partial charge in [0.1, 0.15) is 0 Å². The molecule has 1 N–H and O–H groups in total. The molecule has 3 fully saturated rings. The van der Waals surface area contributed by atoms with Gasteiger partial charge in [-0.25, -0.2) is 0 Å². The highest BCUT2D eigenvalue weighted by molar-refractivity contribution is 4.99. The summed E-state index contributed by atoms with van der Waals surface area (Å²) in [6.07, 6.45) is 5.29. The van der Waals surface area contributed by atoms with Gasteiger partial charge in [0.25, 0.3) is 0 Å². The Balaban J connectivity index is 1.69. The fraction of sp³-hybridized carbons (Fsp3) is 1.00. The van der Waals surface area contributed by atoms with Crippen molar-refractivity contribution in [2.75, 3.05) is 26.3 Å². The molecule has 3 aliphatic rings. The van der Waals surface area contributed by atoms with Gasteiger partial charge in [-0.15, -0.1) is 0 Å². The lowest BCUT2D eigenvalue weighted by molar-refractivity contribution is -0.0511. The molecule has 2 aliphatic heterocycles. The molecule has 0 bridgehead atoms. The smallest absolute Gasteiger partial charge is 0.0483 e. The highest BCUT2D eigenvalue weighted by atomic mass is 16.5. The first-order valence-electron chi connectivity index (χ1n) is 7.27. The van der Waals surface area contributed by atoms with E-state index < -0.39 is 0 Å². The maximum Gasteiger partial charge on any atom is 0.0483 e. The van der Waals surface area contributed by atoms with Gasteiger partial charge in [-0.1, -0.05) is 0 Å². The van der Waals surface area contributed by atoms with E-state index in [1.165, 1.54) is 32.2 Å². The first-order chi connectivity index (χ1) is 8.19. The minimum Gasteiger partial charge on any atom is -0.381 e. The standard InChI is InChI=1S/C14H26N2O/c1-11-9-15-13(12-3-4-12)10-16(11)14(2)5-7-17-8-6-14/h11-13,15H,3-10H2,1-2H3. The Morgan fingerprint density at radius 2 is 1.94 bits per heavy atom. The highest BCUT2D eigenvalue weighted by Crippen LogP contribution is 2.37. The number of hydrogen-bond donors (Lipinski definition) is 1. The Labute approximate surface area is 105 Å². The SMILES string of the molecule is CC1CNC(C2CC2)CN1C1(C)CCOCC1. The van der Waals surface area contributed by atoms with Gasteiger partial charge in [0.2, 0.25) is 0 Å². The third-order valence-electron chi connectivity index (χ3n) is 5.06. The quantitative estimate of drug-likeness (QED) is 0.791. The summed E-state index contributed by atoms with van der Waals surface area (Å²) < 4.78 is 5.54. The van der Waals surface area contributed by atoms with Crippen molar-refractivity contribution in [3.8, 4) is 0 Å². The van der Waals surface area contributed by atoms with Crippen LogP contribution >= 0.6 is 0 Å². The monoisotopic (exact) mass is 238 g/mol. The number of hydrogen-bond acceptors (Lipinski definition) is 3. The van der Waals surface area contributed by atoms with Crippen LogP contribution in [-0.2, 0) is 4.74 Å². The molecule has 0 aromatic carbocycles. The molecule has 0 radical (unpaired) electrons. The van der Waals surface area contributed by atoms with Crippen molar-refractivity contribution in [2.24, 2.45) is 5.92 Å². The molecule has 2 unspecified atom stereocenters. The minimum atomic E-state index is 0.382. The molecule has 3 heteroatoms. The van der Waals surface area contributed by atoms with Gasteiger partial charge in [-0.2, -0.15) is 0 Å². The molecule has 0 aromatic rings. The van der Waals surface area contributed by atoms with Crippen molar-refractivity contribution < 1.29 is 4.74 Å². The summed E-state index contributed by atoms with van der Waals surface area (Å²) in [6, 6.07) is 1.43. The van der Waals surface area contributed by atoms with Crippen molar-refractivity contribution in [2.45, 2.75) is 57.2 Å².